The third-order valence-corrected chi connectivity index (χ3v) is 3.62. The van der Waals surface area contributed by atoms with Gasteiger partial charge in [0, 0.05) is 39.3 Å². The lowest BCUT2D eigenvalue weighted by Crippen LogP contribution is -2.43. The van der Waals surface area contributed by atoms with E-state index in [-0.39, 0.29) is 6.10 Å². The number of aliphatic hydroxyl groups excluding tert-OH is 1. The van der Waals surface area contributed by atoms with Crippen LogP contribution in [0.5, 0.6) is 0 Å². The van der Waals surface area contributed by atoms with Gasteiger partial charge in [-0.25, -0.2) is 0 Å². The first kappa shape index (κ1) is 17.9. The number of β-amino-alcohol motifs (C(OH)–C–C–N with tert-alkyl or cyclic N) is 1. The van der Waals surface area contributed by atoms with Crippen molar-refractivity contribution in [2.45, 2.75) is 40.2 Å². The van der Waals surface area contributed by atoms with Crippen LogP contribution in [-0.2, 0) is 0 Å². The van der Waals surface area contributed by atoms with Crippen molar-refractivity contribution in [3.63, 3.8) is 0 Å². The summed E-state index contributed by atoms with van der Waals surface area (Å²) in [5, 5.41) is 13.8. The van der Waals surface area contributed by atoms with E-state index in [2.05, 4.69) is 42.8 Å². The predicted molar refractivity (Wildman–Crippen MR) is 86.0 cm³/mol. The molecule has 1 saturated heterocycles. The van der Waals surface area contributed by atoms with E-state index in [0.717, 1.165) is 52.4 Å². The van der Waals surface area contributed by atoms with Crippen molar-refractivity contribution >= 4 is 0 Å². The zero-order valence-electron chi connectivity index (χ0n) is 13.9. The standard InChI is InChI=1S/C16H35N3O/c1-14(2)10-19(11-15(3)4)13-16(20)12-18-8-5-6-17-7-9-18/h14-17,20H,5-13H2,1-4H3/t16-/m0/s1. The van der Waals surface area contributed by atoms with Crippen molar-refractivity contribution < 1.29 is 5.11 Å². The van der Waals surface area contributed by atoms with Crippen LogP contribution in [-0.4, -0.2) is 73.4 Å². The van der Waals surface area contributed by atoms with Gasteiger partial charge in [-0.15, -0.1) is 0 Å². The van der Waals surface area contributed by atoms with E-state index in [0.29, 0.717) is 11.8 Å². The van der Waals surface area contributed by atoms with Gasteiger partial charge in [0.2, 0.25) is 0 Å². The molecular formula is C16H35N3O. The van der Waals surface area contributed by atoms with E-state index in [1.165, 1.54) is 6.42 Å². The molecule has 1 aliphatic heterocycles. The Labute approximate surface area is 125 Å². The largest absolute Gasteiger partial charge is 0.390 e. The molecule has 1 aliphatic rings. The first-order valence-corrected chi connectivity index (χ1v) is 8.31. The highest BCUT2D eigenvalue weighted by atomic mass is 16.3. The monoisotopic (exact) mass is 285 g/mol. The third kappa shape index (κ3) is 8.20. The maximum atomic E-state index is 10.4. The van der Waals surface area contributed by atoms with E-state index in [1.54, 1.807) is 0 Å². The molecule has 0 aliphatic carbocycles. The molecular weight excluding hydrogens is 250 g/mol. The van der Waals surface area contributed by atoms with Crippen LogP contribution in [0, 0.1) is 11.8 Å². The summed E-state index contributed by atoms with van der Waals surface area (Å²) in [6.07, 6.45) is 0.958. The lowest BCUT2D eigenvalue weighted by atomic mass is 10.1. The maximum Gasteiger partial charge on any atom is 0.0793 e. The molecule has 0 bridgehead atoms. The topological polar surface area (TPSA) is 38.7 Å². The summed E-state index contributed by atoms with van der Waals surface area (Å²) in [6.45, 7) is 17.1. The Morgan fingerprint density at radius 3 is 2.25 bits per heavy atom. The molecule has 1 atom stereocenters. The second kappa shape index (κ2) is 9.72. The minimum atomic E-state index is -0.231. The summed E-state index contributed by atoms with van der Waals surface area (Å²) < 4.78 is 0. The predicted octanol–water partition coefficient (Wildman–Crippen LogP) is 1.26. The van der Waals surface area contributed by atoms with Crippen molar-refractivity contribution in [1.29, 1.82) is 0 Å². The summed E-state index contributed by atoms with van der Waals surface area (Å²) in [7, 11) is 0. The van der Waals surface area contributed by atoms with E-state index < -0.39 is 0 Å². The first-order valence-electron chi connectivity index (χ1n) is 8.31. The zero-order valence-corrected chi connectivity index (χ0v) is 13.9. The van der Waals surface area contributed by atoms with Gasteiger partial charge < -0.3 is 15.3 Å². The minimum Gasteiger partial charge on any atom is -0.390 e. The van der Waals surface area contributed by atoms with Gasteiger partial charge in [0.15, 0.2) is 0 Å². The summed E-state index contributed by atoms with van der Waals surface area (Å²) in [5.41, 5.74) is 0. The van der Waals surface area contributed by atoms with Gasteiger partial charge in [-0.1, -0.05) is 27.7 Å². The molecule has 4 nitrogen and oxygen atoms in total. The Bertz CT molecular complexity index is 228. The van der Waals surface area contributed by atoms with Crippen LogP contribution in [0.2, 0.25) is 0 Å². The average Bonchev–Trinajstić information content (AvgIpc) is 2.55. The van der Waals surface area contributed by atoms with E-state index in [9.17, 15) is 5.11 Å². The van der Waals surface area contributed by atoms with Gasteiger partial charge >= 0.3 is 0 Å². The molecule has 0 saturated carbocycles. The molecule has 1 rings (SSSR count). The van der Waals surface area contributed by atoms with Crippen molar-refractivity contribution in [3.8, 4) is 0 Å². The highest BCUT2D eigenvalue weighted by Gasteiger charge is 2.17. The molecule has 0 aromatic rings. The second-order valence-corrected chi connectivity index (χ2v) is 7.06. The molecule has 0 spiro atoms. The Hall–Kier alpha value is -0.160. The molecule has 2 N–H and O–H groups in total. The van der Waals surface area contributed by atoms with Crippen LogP contribution >= 0.6 is 0 Å². The third-order valence-electron chi connectivity index (χ3n) is 3.62. The fourth-order valence-corrected chi connectivity index (χ4v) is 2.99. The van der Waals surface area contributed by atoms with Crippen molar-refractivity contribution in [2.24, 2.45) is 11.8 Å². The minimum absolute atomic E-state index is 0.231. The highest BCUT2D eigenvalue weighted by Crippen LogP contribution is 2.06. The SMILES string of the molecule is CC(C)CN(CC(C)C)C[C@@H](O)CN1CCCNCC1. The van der Waals surface area contributed by atoms with Crippen LogP contribution in [0.4, 0.5) is 0 Å². The lowest BCUT2D eigenvalue weighted by molar-refractivity contribution is 0.0672. The summed E-state index contributed by atoms with van der Waals surface area (Å²) in [5.74, 6) is 1.31. The van der Waals surface area contributed by atoms with Crippen molar-refractivity contribution in [1.82, 2.24) is 15.1 Å². The van der Waals surface area contributed by atoms with E-state index in [1.807, 2.05) is 0 Å². The molecule has 4 heteroatoms. The Morgan fingerprint density at radius 2 is 1.65 bits per heavy atom. The van der Waals surface area contributed by atoms with Crippen LogP contribution in [0.15, 0.2) is 0 Å². The smallest absolute Gasteiger partial charge is 0.0793 e. The summed E-state index contributed by atoms with van der Waals surface area (Å²) >= 11 is 0. The molecule has 20 heavy (non-hydrogen) atoms. The molecule has 1 fully saturated rings. The molecule has 0 radical (unpaired) electrons. The quantitative estimate of drug-likeness (QED) is 0.704. The summed E-state index contributed by atoms with van der Waals surface area (Å²) in [4.78, 5) is 4.82. The van der Waals surface area contributed by atoms with E-state index >= 15 is 0 Å². The number of nitrogens with one attached hydrogen (secondary N) is 1. The Kier molecular flexibility index (Phi) is 8.69. The van der Waals surface area contributed by atoms with Gasteiger partial charge in [-0.05, 0) is 31.3 Å². The molecule has 0 aromatic carbocycles. The van der Waals surface area contributed by atoms with Crippen LogP contribution in [0.3, 0.4) is 0 Å². The normalized spacial score (nSPS) is 19.8. The molecule has 0 amide bonds. The van der Waals surface area contributed by atoms with Gasteiger partial charge in [0.25, 0.3) is 0 Å². The average molecular weight is 285 g/mol. The second-order valence-electron chi connectivity index (χ2n) is 7.06. The number of rotatable bonds is 8. The maximum absolute atomic E-state index is 10.4. The van der Waals surface area contributed by atoms with Crippen LogP contribution in [0.1, 0.15) is 34.1 Å². The number of nitrogens with zero attached hydrogens (tertiary/aromatic N) is 2. The zero-order chi connectivity index (χ0) is 15.0. The number of hydrogen-bond acceptors (Lipinski definition) is 4. The molecule has 0 unspecified atom stereocenters. The van der Waals surface area contributed by atoms with Crippen molar-refractivity contribution in [3.05, 3.63) is 0 Å². The van der Waals surface area contributed by atoms with Crippen LogP contribution < -0.4 is 5.32 Å². The van der Waals surface area contributed by atoms with Gasteiger partial charge in [0.1, 0.15) is 0 Å². The molecule has 120 valence electrons. The fourth-order valence-electron chi connectivity index (χ4n) is 2.99. The van der Waals surface area contributed by atoms with Crippen molar-refractivity contribution in [2.75, 3.05) is 52.4 Å². The van der Waals surface area contributed by atoms with Gasteiger partial charge in [-0.3, -0.25) is 4.90 Å². The molecule has 1 heterocycles. The Balaban J connectivity index is 2.36. The number of aliphatic hydroxyl groups is 1. The molecule has 0 aromatic heterocycles. The first-order chi connectivity index (χ1) is 9.47. The summed E-state index contributed by atoms with van der Waals surface area (Å²) in [6, 6.07) is 0. The lowest BCUT2D eigenvalue weighted by Gasteiger charge is -2.30. The van der Waals surface area contributed by atoms with Crippen LogP contribution in [0.25, 0.3) is 0 Å². The van der Waals surface area contributed by atoms with Gasteiger partial charge in [0.05, 0.1) is 6.10 Å². The Morgan fingerprint density at radius 1 is 1.00 bits per heavy atom. The fraction of sp³-hybridized carbons (Fsp3) is 1.00. The van der Waals surface area contributed by atoms with E-state index in [4.69, 9.17) is 0 Å². The highest BCUT2D eigenvalue weighted by molar-refractivity contribution is 4.73. The number of hydrogen-bond donors (Lipinski definition) is 2. The van der Waals surface area contributed by atoms with Gasteiger partial charge in [-0.2, -0.15) is 0 Å².